The van der Waals surface area contributed by atoms with Gasteiger partial charge in [0.15, 0.2) is 0 Å². The van der Waals surface area contributed by atoms with Crippen LogP contribution in [0.2, 0.25) is 0 Å². The van der Waals surface area contributed by atoms with Crippen molar-refractivity contribution < 1.29 is 9.90 Å². The maximum absolute atomic E-state index is 11.1. The Labute approximate surface area is 116 Å². The average molecular weight is 273 g/mol. The molecule has 0 aliphatic rings. The molecule has 0 saturated heterocycles. The van der Waals surface area contributed by atoms with Crippen LogP contribution in [0.25, 0.3) is 0 Å². The third-order valence-corrected chi connectivity index (χ3v) is 3.78. The van der Waals surface area contributed by atoms with Gasteiger partial charge in [0.05, 0.1) is 5.56 Å². The highest BCUT2D eigenvalue weighted by Crippen LogP contribution is 2.31. The minimum atomic E-state index is -0.895. The lowest BCUT2D eigenvalue weighted by atomic mass is 10.2. The standard InChI is InChI=1S/C15H15NO2S/c1-16(2)11-7-9-12(10-8-11)19-14-6-4-3-5-13(14)15(17)18/h3-10H,1-2H3,(H,17,18). The summed E-state index contributed by atoms with van der Waals surface area (Å²) in [6, 6.07) is 15.1. The SMILES string of the molecule is CN(C)c1ccc(Sc2ccccc2C(=O)O)cc1. The Morgan fingerprint density at radius 1 is 1.05 bits per heavy atom. The first-order chi connectivity index (χ1) is 9.08. The van der Waals surface area contributed by atoms with E-state index in [1.165, 1.54) is 11.8 Å². The second-order valence-corrected chi connectivity index (χ2v) is 5.41. The Morgan fingerprint density at radius 2 is 1.68 bits per heavy atom. The molecule has 0 aliphatic carbocycles. The van der Waals surface area contributed by atoms with Gasteiger partial charge in [0.2, 0.25) is 0 Å². The van der Waals surface area contributed by atoms with Crippen LogP contribution in [-0.4, -0.2) is 25.2 Å². The molecular weight excluding hydrogens is 258 g/mol. The predicted octanol–water partition coefficient (Wildman–Crippen LogP) is 3.60. The monoisotopic (exact) mass is 273 g/mol. The summed E-state index contributed by atoms with van der Waals surface area (Å²) in [6.45, 7) is 0. The van der Waals surface area contributed by atoms with E-state index < -0.39 is 5.97 Å². The van der Waals surface area contributed by atoms with Gasteiger partial charge in [0, 0.05) is 29.6 Å². The molecule has 0 amide bonds. The van der Waals surface area contributed by atoms with Crippen molar-refractivity contribution in [3.8, 4) is 0 Å². The molecule has 0 aliphatic heterocycles. The number of hydrogen-bond acceptors (Lipinski definition) is 3. The molecule has 4 heteroatoms. The molecular formula is C15H15NO2S. The highest BCUT2D eigenvalue weighted by molar-refractivity contribution is 7.99. The molecule has 2 rings (SSSR count). The van der Waals surface area contributed by atoms with Gasteiger partial charge in [0.1, 0.15) is 0 Å². The van der Waals surface area contributed by atoms with E-state index >= 15 is 0 Å². The number of aromatic carboxylic acids is 1. The zero-order chi connectivity index (χ0) is 13.8. The van der Waals surface area contributed by atoms with Crippen LogP contribution < -0.4 is 4.90 Å². The van der Waals surface area contributed by atoms with E-state index in [9.17, 15) is 4.79 Å². The molecule has 98 valence electrons. The van der Waals surface area contributed by atoms with E-state index in [0.717, 1.165) is 15.5 Å². The summed E-state index contributed by atoms with van der Waals surface area (Å²) in [6.07, 6.45) is 0. The van der Waals surface area contributed by atoms with Crippen LogP contribution in [0, 0.1) is 0 Å². The summed E-state index contributed by atoms with van der Waals surface area (Å²) < 4.78 is 0. The van der Waals surface area contributed by atoms with Crippen LogP contribution in [0.15, 0.2) is 58.3 Å². The molecule has 0 unspecified atom stereocenters. The Kier molecular flexibility index (Phi) is 4.12. The van der Waals surface area contributed by atoms with Gasteiger partial charge in [-0.2, -0.15) is 0 Å². The van der Waals surface area contributed by atoms with Gasteiger partial charge in [-0.25, -0.2) is 4.79 Å². The summed E-state index contributed by atoms with van der Waals surface area (Å²) in [7, 11) is 3.98. The zero-order valence-electron chi connectivity index (χ0n) is 10.8. The molecule has 0 fully saturated rings. The van der Waals surface area contributed by atoms with Gasteiger partial charge in [-0.05, 0) is 36.4 Å². The smallest absolute Gasteiger partial charge is 0.336 e. The lowest BCUT2D eigenvalue weighted by molar-refractivity contribution is 0.0693. The van der Waals surface area contributed by atoms with Crippen molar-refractivity contribution in [1.82, 2.24) is 0 Å². The maximum Gasteiger partial charge on any atom is 0.336 e. The van der Waals surface area contributed by atoms with Crippen molar-refractivity contribution in [3.05, 3.63) is 54.1 Å². The number of benzene rings is 2. The number of hydrogen-bond donors (Lipinski definition) is 1. The average Bonchev–Trinajstić information content (AvgIpc) is 2.39. The largest absolute Gasteiger partial charge is 0.478 e. The van der Waals surface area contributed by atoms with Gasteiger partial charge in [-0.1, -0.05) is 23.9 Å². The van der Waals surface area contributed by atoms with Gasteiger partial charge >= 0.3 is 5.97 Å². The Hall–Kier alpha value is -1.94. The fourth-order valence-electron chi connectivity index (χ4n) is 1.67. The first-order valence-corrected chi connectivity index (χ1v) is 6.67. The fraction of sp³-hybridized carbons (Fsp3) is 0.133. The Morgan fingerprint density at radius 3 is 2.26 bits per heavy atom. The summed E-state index contributed by atoms with van der Waals surface area (Å²) >= 11 is 1.46. The topological polar surface area (TPSA) is 40.5 Å². The van der Waals surface area contributed by atoms with E-state index in [1.807, 2.05) is 55.4 Å². The van der Waals surface area contributed by atoms with E-state index in [1.54, 1.807) is 12.1 Å². The highest BCUT2D eigenvalue weighted by Gasteiger charge is 2.10. The molecule has 0 radical (unpaired) electrons. The molecule has 0 atom stereocenters. The summed E-state index contributed by atoms with van der Waals surface area (Å²) in [4.78, 5) is 14.9. The van der Waals surface area contributed by atoms with Crippen LogP contribution in [0.5, 0.6) is 0 Å². The normalized spacial score (nSPS) is 10.2. The van der Waals surface area contributed by atoms with E-state index in [4.69, 9.17) is 5.11 Å². The van der Waals surface area contributed by atoms with Gasteiger partial charge in [0.25, 0.3) is 0 Å². The highest BCUT2D eigenvalue weighted by atomic mass is 32.2. The lowest BCUT2D eigenvalue weighted by Gasteiger charge is -2.12. The Balaban J connectivity index is 2.24. The lowest BCUT2D eigenvalue weighted by Crippen LogP contribution is -2.07. The van der Waals surface area contributed by atoms with Crippen molar-refractivity contribution in [2.75, 3.05) is 19.0 Å². The molecule has 0 saturated carbocycles. The van der Waals surface area contributed by atoms with Crippen LogP contribution in [0.1, 0.15) is 10.4 Å². The minimum Gasteiger partial charge on any atom is -0.478 e. The summed E-state index contributed by atoms with van der Waals surface area (Å²) in [5.41, 5.74) is 1.46. The molecule has 0 aromatic heterocycles. The van der Waals surface area contributed by atoms with Gasteiger partial charge in [-0.3, -0.25) is 0 Å². The maximum atomic E-state index is 11.1. The number of rotatable bonds is 4. The number of carboxylic acid groups (broad SMARTS) is 1. The Bertz CT molecular complexity index is 579. The third kappa shape index (κ3) is 3.29. The predicted molar refractivity (Wildman–Crippen MR) is 78.3 cm³/mol. The van der Waals surface area contributed by atoms with Crippen molar-refractivity contribution in [2.45, 2.75) is 9.79 Å². The fourth-order valence-corrected chi connectivity index (χ4v) is 2.61. The second-order valence-electron chi connectivity index (χ2n) is 4.29. The van der Waals surface area contributed by atoms with Crippen LogP contribution >= 0.6 is 11.8 Å². The second kappa shape index (κ2) is 5.80. The quantitative estimate of drug-likeness (QED) is 0.924. The first kappa shape index (κ1) is 13.5. The van der Waals surface area contributed by atoms with Gasteiger partial charge in [-0.15, -0.1) is 0 Å². The van der Waals surface area contributed by atoms with Crippen molar-refractivity contribution in [3.63, 3.8) is 0 Å². The van der Waals surface area contributed by atoms with E-state index in [2.05, 4.69) is 0 Å². The molecule has 1 N–H and O–H groups in total. The molecule has 0 heterocycles. The van der Waals surface area contributed by atoms with Crippen LogP contribution in [0.4, 0.5) is 5.69 Å². The van der Waals surface area contributed by atoms with Crippen molar-refractivity contribution in [1.29, 1.82) is 0 Å². The van der Waals surface area contributed by atoms with E-state index in [-0.39, 0.29) is 0 Å². The van der Waals surface area contributed by atoms with Crippen LogP contribution in [-0.2, 0) is 0 Å². The van der Waals surface area contributed by atoms with Gasteiger partial charge < -0.3 is 10.0 Å². The molecule has 2 aromatic carbocycles. The minimum absolute atomic E-state index is 0.337. The number of anilines is 1. The number of carbonyl (C=O) groups is 1. The summed E-state index contributed by atoms with van der Waals surface area (Å²) in [5.74, 6) is -0.895. The van der Waals surface area contributed by atoms with Crippen molar-refractivity contribution in [2.24, 2.45) is 0 Å². The molecule has 0 spiro atoms. The molecule has 19 heavy (non-hydrogen) atoms. The van der Waals surface area contributed by atoms with Crippen LogP contribution in [0.3, 0.4) is 0 Å². The number of nitrogens with zero attached hydrogens (tertiary/aromatic N) is 1. The summed E-state index contributed by atoms with van der Waals surface area (Å²) in [5, 5.41) is 9.14. The third-order valence-electron chi connectivity index (χ3n) is 2.70. The molecule has 0 bridgehead atoms. The van der Waals surface area contributed by atoms with Crippen molar-refractivity contribution >= 4 is 23.4 Å². The number of carboxylic acids is 1. The van der Waals surface area contributed by atoms with E-state index in [0.29, 0.717) is 5.56 Å². The molecule has 2 aromatic rings. The first-order valence-electron chi connectivity index (χ1n) is 5.85. The molecule has 3 nitrogen and oxygen atoms in total. The zero-order valence-corrected chi connectivity index (χ0v) is 11.6.